The summed E-state index contributed by atoms with van der Waals surface area (Å²) in [6.07, 6.45) is 5.05. The highest BCUT2D eigenvalue weighted by atomic mass is 16.5. The van der Waals surface area contributed by atoms with Gasteiger partial charge in [0.1, 0.15) is 11.3 Å². The van der Waals surface area contributed by atoms with Crippen LogP contribution in [0.15, 0.2) is 16.7 Å². The van der Waals surface area contributed by atoms with Crippen LogP contribution in [0.3, 0.4) is 0 Å². The number of esters is 1. The average molecular weight is 280 g/mol. The van der Waals surface area contributed by atoms with Crippen LogP contribution in [0.1, 0.15) is 42.3 Å². The van der Waals surface area contributed by atoms with Gasteiger partial charge in [0, 0.05) is 6.54 Å². The second-order valence-electron chi connectivity index (χ2n) is 5.30. The fourth-order valence-corrected chi connectivity index (χ4v) is 2.82. The molecule has 1 atom stereocenters. The third-order valence-corrected chi connectivity index (χ3v) is 3.79. The molecular weight excluding hydrogens is 256 g/mol. The zero-order valence-corrected chi connectivity index (χ0v) is 12.1. The quantitative estimate of drug-likeness (QED) is 0.807. The molecule has 2 heterocycles. The molecule has 112 valence electrons. The second kappa shape index (κ2) is 7.45. The zero-order valence-electron chi connectivity index (χ0n) is 12.1. The number of carbonyl (C=O) groups excluding carboxylic acids is 1. The summed E-state index contributed by atoms with van der Waals surface area (Å²) in [5.41, 5.74) is 6.19. The number of piperidine rings is 1. The molecule has 0 bridgehead atoms. The van der Waals surface area contributed by atoms with Crippen LogP contribution >= 0.6 is 0 Å². The Kier molecular flexibility index (Phi) is 5.61. The largest absolute Gasteiger partial charge is 0.467 e. The Balaban J connectivity index is 1.96. The maximum atomic E-state index is 11.8. The van der Waals surface area contributed by atoms with Gasteiger partial charge in [-0.05, 0) is 51.3 Å². The van der Waals surface area contributed by atoms with Crippen molar-refractivity contribution in [1.29, 1.82) is 0 Å². The highest BCUT2D eigenvalue weighted by molar-refractivity contribution is 5.90. The number of ether oxygens (including phenoxy) is 1. The van der Waals surface area contributed by atoms with Crippen LogP contribution in [-0.2, 0) is 11.3 Å². The van der Waals surface area contributed by atoms with Crippen LogP contribution in [0.2, 0.25) is 0 Å². The van der Waals surface area contributed by atoms with E-state index in [0.717, 1.165) is 26.1 Å². The van der Waals surface area contributed by atoms with Gasteiger partial charge in [0.25, 0.3) is 0 Å². The number of hydrogen-bond donors (Lipinski definition) is 1. The number of likely N-dealkylation sites (tertiary alicyclic amines) is 1. The SMILES string of the molecule is CCOC(=O)c1ccoc1CN1CCCC(CCN)C1. The van der Waals surface area contributed by atoms with E-state index in [2.05, 4.69) is 4.90 Å². The number of hydrogen-bond acceptors (Lipinski definition) is 5. The Labute approximate surface area is 120 Å². The van der Waals surface area contributed by atoms with Gasteiger partial charge >= 0.3 is 5.97 Å². The van der Waals surface area contributed by atoms with Crippen LogP contribution in [0.5, 0.6) is 0 Å². The first-order valence-electron chi connectivity index (χ1n) is 7.40. The van der Waals surface area contributed by atoms with Crippen LogP contribution < -0.4 is 5.73 Å². The summed E-state index contributed by atoms with van der Waals surface area (Å²) in [6, 6.07) is 1.69. The Hall–Kier alpha value is -1.33. The molecule has 2 rings (SSSR count). The first-order valence-corrected chi connectivity index (χ1v) is 7.40. The third kappa shape index (κ3) is 3.84. The number of nitrogens with two attached hydrogens (primary N) is 1. The third-order valence-electron chi connectivity index (χ3n) is 3.79. The molecule has 1 aromatic heterocycles. The Bertz CT molecular complexity index is 429. The average Bonchev–Trinajstić information content (AvgIpc) is 2.88. The molecule has 20 heavy (non-hydrogen) atoms. The molecule has 0 spiro atoms. The van der Waals surface area contributed by atoms with E-state index in [4.69, 9.17) is 14.9 Å². The molecule has 5 nitrogen and oxygen atoms in total. The normalized spacial score (nSPS) is 20.0. The Morgan fingerprint density at radius 1 is 1.60 bits per heavy atom. The first-order chi connectivity index (χ1) is 9.74. The zero-order chi connectivity index (χ0) is 14.4. The monoisotopic (exact) mass is 280 g/mol. The van der Waals surface area contributed by atoms with E-state index in [1.54, 1.807) is 19.3 Å². The van der Waals surface area contributed by atoms with E-state index in [9.17, 15) is 4.79 Å². The Morgan fingerprint density at radius 3 is 3.20 bits per heavy atom. The van der Waals surface area contributed by atoms with Crippen molar-refractivity contribution in [3.05, 3.63) is 23.7 Å². The molecule has 0 aromatic carbocycles. The van der Waals surface area contributed by atoms with Crippen molar-refractivity contribution >= 4 is 5.97 Å². The predicted octanol–water partition coefficient (Wildman–Crippen LogP) is 2.02. The Morgan fingerprint density at radius 2 is 2.45 bits per heavy atom. The summed E-state index contributed by atoms with van der Waals surface area (Å²) >= 11 is 0. The van der Waals surface area contributed by atoms with Crippen molar-refractivity contribution in [2.45, 2.75) is 32.7 Å². The molecule has 1 aliphatic heterocycles. The summed E-state index contributed by atoms with van der Waals surface area (Å²) in [5, 5.41) is 0. The summed E-state index contributed by atoms with van der Waals surface area (Å²) in [5.74, 6) is 1.07. The van der Waals surface area contributed by atoms with Crippen molar-refractivity contribution in [2.24, 2.45) is 11.7 Å². The topological polar surface area (TPSA) is 68.7 Å². The fraction of sp³-hybridized carbons (Fsp3) is 0.667. The molecule has 1 aliphatic rings. The van der Waals surface area contributed by atoms with Crippen molar-refractivity contribution < 1.29 is 13.9 Å². The van der Waals surface area contributed by atoms with Gasteiger partial charge in [0.2, 0.25) is 0 Å². The highest BCUT2D eigenvalue weighted by Crippen LogP contribution is 2.22. The minimum atomic E-state index is -0.299. The van der Waals surface area contributed by atoms with E-state index in [1.165, 1.54) is 12.8 Å². The van der Waals surface area contributed by atoms with Crippen LogP contribution in [0.25, 0.3) is 0 Å². The van der Waals surface area contributed by atoms with Gasteiger partial charge < -0.3 is 14.9 Å². The molecule has 5 heteroatoms. The number of furan rings is 1. The van der Waals surface area contributed by atoms with Crippen LogP contribution in [0, 0.1) is 5.92 Å². The summed E-state index contributed by atoms with van der Waals surface area (Å²) in [6.45, 7) is 5.67. The second-order valence-corrected chi connectivity index (χ2v) is 5.30. The van der Waals surface area contributed by atoms with E-state index >= 15 is 0 Å². The lowest BCUT2D eigenvalue weighted by atomic mass is 9.95. The van der Waals surface area contributed by atoms with Crippen LogP contribution in [-0.4, -0.2) is 37.1 Å². The lowest BCUT2D eigenvalue weighted by molar-refractivity contribution is 0.0521. The smallest absolute Gasteiger partial charge is 0.341 e. The molecule has 2 N–H and O–H groups in total. The molecule has 1 fully saturated rings. The van der Waals surface area contributed by atoms with Gasteiger partial charge in [-0.2, -0.15) is 0 Å². The number of rotatable bonds is 6. The van der Waals surface area contributed by atoms with Gasteiger partial charge in [0.15, 0.2) is 0 Å². The maximum absolute atomic E-state index is 11.8. The van der Waals surface area contributed by atoms with Gasteiger partial charge in [-0.15, -0.1) is 0 Å². The lowest BCUT2D eigenvalue weighted by Crippen LogP contribution is -2.35. The van der Waals surface area contributed by atoms with E-state index in [-0.39, 0.29) is 5.97 Å². The molecule has 0 aliphatic carbocycles. The van der Waals surface area contributed by atoms with Gasteiger partial charge in [-0.1, -0.05) is 0 Å². The van der Waals surface area contributed by atoms with Crippen molar-refractivity contribution in [3.63, 3.8) is 0 Å². The van der Waals surface area contributed by atoms with Crippen molar-refractivity contribution in [1.82, 2.24) is 4.90 Å². The molecule has 1 unspecified atom stereocenters. The molecule has 0 amide bonds. The van der Waals surface area contributed by atoms with Crippen molar-refractivity contribution in [3.8, 4) is 0 Å². The van der Waals surface area contributed by atoms with Crippen molar-refractivity contribution in [2.75, 3.05) is 26.2 Å². The molecule has 1 saturated heterocycles. The molecule has 0 radical (unpaired) electrons. The molecular formula is C15H24N2O3. The maximum Gasteiger partial charge on any atom is 0.341 e. The van der Waals surface area contributed by atoms with Gasteiger partial charge in [-0.3, -0.25) is 4.90 Å². The van der Waals surface area contributed by atoms with E-state index in [0.29, 0.717) is 30.4 Å². The predicted molar refractivity (Wildman–Crippen MR) is 76.3 cm³/mol. The van der Waals surface area contributed by atoms with E-state index < -0.39 is 0 Å². The number of carbonyl (C=O) groups is 1. The fourth-order valence-electron chi connectivity index (χ4n) is 2.82. The highest BCUT2D eigenvalue weighted by Gasteiger charge is 2.23. The number of nitrogens with zero attached hydrogens (tertiary/aromatic N) is 1. The summed E-state index contributed by atoms with van der Waals surface area (Å²) in [7, 11) is 0. The first kappa shape index (κ1) is 15.1. The molecule has 1 aromatic rings. The molecule has 0 saturated carbocycles. The summed E-state index contributed by atoms with van der Waals surface area (Å²) < 4.78 is 10.5. The summed E-state index contributed by atoms with van der Waals surface area (Å²) in [4.78, 5) is 14.2. The lowest BCUT2D eigenvalue weighted by Gasteiger charge is -2.32. The minimum absolute atomic E-state index is 0.299. The van der Waals surface area contributed by atoms with Gasteiger partial charge in [-0.25, -0.2) is 4.79 Å². The van der Waals surface area contributed by atoms with Crippen LogP contribution in [0.4, 0.5) is 0 Å². The van der Waals surface area contributed by atoms with Gasteiger partial charge in [0.05, 0.1) is 19.4 Å². The minimum Gasteiger partial charge on any atom is -0.467 e. The standard InChI is InChI=1S/C15H24N2O3/c1-2-19-15(18)13-6-9-20-14(13)11-17-8-3-4-12(10-17)5-7-16/h6,9,12H,2-5,7-8,10-11,16H2,1H3. The van der Waals surface area contributed by atoms with E-state index in [1.807, 2.05) is 0 Å².